The number of aliphatic hydroxyl groups is 1. The fourth-order valence-electron chi connectivity index (χ4n) is 0.635. The minimum absolute atomic E-state index is 0.332. The number of nitrogens with two attached hydrogens (primary N) is 1. The van der Waals surface area contributed by atoms with E-state index in [0.29, 0.717) is 23.7 Å². The Morgan fingerprint density at radius 2 is 2.15 bits per heavy atom. The van der Waals surface area contributed by atoms with Gasteiger partial charge in [-0.2, -0.15) is 24.4 Å². The number of thiol groups is 1. The van der Waals surface area contributed by atoms with Crippen LogP contribution in [-0.4, -0.2) is 45.6 Å². The highest BCUT2D eigenvalue weighted by atomic mass is 32.2. The van der Waals surface area contributed by atoms with Gasteiger partial charge in [-0.05, 0) is 12.2 Å². The number of rotatable bonds is 7. The summed E-state index contributed by atoms with van der Waals surface area (Å²) in [5, 5.41) is 17.7. The molecule has 0 aliphatic heterocycles. The predicted octanol–water partition coefficient (Wildman–Crippen LogP) is -0.188. The molecule has 0 fully saturated rings. The standard InChI is InChI=1S/C7H15NO3S2/c8-6(7(10)11)4-13-3-5(9)1-2-12/h5-6,9,12H,1-4,8H2,(H,10,11). The monoisotopic (exact) mass is 225 g/mol. The van der Waals surface area contributed by atoms with Crippen LogP contribution in [0.2, 0.25) is 0 Å². The lowest BCUT2D eigenvalue weighted by Crippen LogP contribution is -2.33. The molecule has 4 N–H and O–H groups in total. The second-order valence-corrected chi connectivity index (χ2v) is 4.17. The van der Waals surface area contributed by atoms with E-state index in [-0.39, 0.29) is 0 Å². The summed E-state index contributed by atoms with van der Waals surface area (Å²) in [6.07, 6.45) is 0.210. The van der Waals surface area contributed by atoms with Crippen LogP contribution in [-0.2, 0) is 4.79 Å². The topological polar surface area (TPSA) is 83.5 Å². The second kappa shape index (κ2) is 7.49. The van der Waals surface area contributed by atoms with E-state index < -0.39 is 18.1 Å². The summed E-state index contributed by atoms with van der Waals surface area (Å²) in [5.41, 5.74) is 5.26. The number of aliphatic carboxylic acids is 1. The van der Waals surface area contributed by atoms with Crippen LogP contribution < -0.4 is 5.73 Å². The van der Waals surface area contributed by atoms with Gasteiger partial charge in [0.25, 0.3) is 0 Å². The van der Waals surface area contributed by atoms with Gasteiger partial charge in [0, 0.05) is 11.5 Å². The number of carbonyl (C=O) groups is 1. The number of hydrogen-bond acceptors (Lipinski definition) is 5. The van der Waals surface area contributed by atoms with Gasteiger partial charge in [0.05, 0.1) is 6.10 Å². The molecule has 13 heavy (non-hydrogen) atoms. The smallest absolute Gasteiger partial charge is 0.321 e. The Morgan fingerprint density at radius 1 is 1.54 bits per heavy atom. The van der Waals surface area contributed by atoms with Crippen LogP contribution in [0.5, 0.6) is 0 Å². The van der Waals surface area contributed by atoms with Crippen molar-refractivity contribution in [1.29, 1.82) is 0 Å². The molecule has 0 aliphatic carbocycles. The Balaban J connectivity index is 3.39. The van der Waals surface area contributed by atoms with E-state index in [4.69, 9.17) is 10.8 Å². The molecule has 0 radical (unpaired) electrons. The summed E-state index contributed by atoms with van der Waals surface area (Å²) < 4.78 is 0. The fourth-order valence-corrected chi connectivity index (χ4v) is 1.90. The van der Waals surface area contributed by atoms with Crippen molar-refractivity contribution in [3.8, 4) is 0 Å². The van der Waals surface area contributed by atoms with E-state index >= 15 is 0 Å². The minimum atomic E-state index is -1.00. The summed E-state index contributed by atoms with van der Waals surface area (Å²) >= 11 is 5.32. The molecular weight excluding hydrogens is 210 g/mol. The average Bonchev–Trinajstić information content (AvgIpc) is 2.04. The van der Waals surface area contributed by atoms with Crippen molar-refractivity contribution in [2.75, 3.05) is 17.3 Å². The molecule has 0 aromatic heterocycles. The number of hydrogen-bond donors (Lipinski definition) is 4. The zero-order valence-corrected chi connectivity index (χ0v) is 8.93. The third kappa shape index (κ3) is 7.18. The van der Waals surface area contributed by atoms with Crippen LogP contribution in [0.1, 0.15) is 6.42 Å². The Bertz CT molecular complexity index is 157. The van der Waals surface area contributed by atoms with Crippen molar-refractivity contribution in [2.24, 2.45) is 5.73 Å². The maximum absolute atomic E-state index is 10.3. The predicted molar refractivity (Wildman–Crippen MR) is 57.4 cm³/mol. The molecule has 2 unspecified atom stereocenters. The van der Waals surface area contributed by atoms with Crippen LogP contribution in [0.3, 0.4) is 0 Å². The molecule has 0 bridgehead atoms. The molecule has 0 aromatic rings. The largest absolute Gasteiger partial charge is 0.480 e. The van der Waals surface area contributed by atoms with Crippen LogP contribution in [0.25, 0.3) is 0 Å². The zero-order valence-electron chi connectivity index (χ0n) is 7.22. The fraction of sp³-hybridized carbons (Fsp3) is 0.857. The van der Waals surface area contributed by atoms with E-state index in [1.54, 1.807) is 0 Å². The lowest BCUT2D eigenvalue weighted by molar-refractivity contribution is -0.137. The lowest BCUT2D eigenvalue weighted by atomic mass is 10.3. The highest BCUT2D eigenvalue weighted by Crippen LogP contribution is 2.07. The van der Waals surface area contributed by atoms with E-state index in [9.17, 15) is 9.90 Å². The van der Waals surface area contributed by atoms with Gasteiger partial charge >= 0.3 is 5.97 Å². The van der Waals surface area contributed by atoms with E-state index in [0.717, 1.165) is 0 Å². The molecule has 6 heteroatoms. The second-order valence-electron chi connectivity index (χ2n) is 2.65. The number of thioether (sulfide) groups is 1. The summed E-state index contributed by atoms with van der Waals surface area (Å²) in [6.45, 7) is 0. The van der Waals surface area contributed by atoms with Crippen molar-refractivity contribution >= 4 is 30.4 Å². The molecule has 0 spiro atoms. The molecule has 0 rings (SSSR count). The molecule has 4 nitrogen and oxygen atoms in total. The molecule has 0 saturated carbocycles. The van der Waals surface area contributed by atoms with Crippen molar-refractivity contribution in [3.05, 3.63) is 0 Å². The first kappa shape index (κ1) is 13.1. The zero-order chi connectivity index (χ0) is 10.3. The van der Waals surface area contributed by atoms with Crippen molar-refractivity contribution in [1.82, 2.24) is 0 Å². The first-order chi connectivity index (χ1) is 6.07. The highest BCUT2D eigenvalue weighted by Gasteiger charge is 2.12. The van der Waals surface area contributed by atoms with Gasteiger partial charge in [0.15, 0.2) is 0 Å². The van der Waals surface area contributed by atoms with E-state index in [1.807, 2.05) is 0 Å². The molecule has 78 valence electrons. The summed E-state index contributed by atoms with van der Waals surface area (Å²) in [6, 6.07) is -0.840. The number of aliphatic hydroxyl groups excluding tert-OH is 1. The third-order valence-corrected chi connectivity index (χ3v) is 2.86. The molecular formula is C7H15NO3S2. The molecule has 0 aliphatic rings. The summed E-state index contributed by atoms with van der Waals surface area (Å²) in [4.78, 5) is 10.3. The van der Waals surface area contributed by atoms with Gasteiger partial charge in [-0.3, -0.25) is 4.79 Å². The van der Waals surface area contributed by atoms with Gasteiger partial charge in [-0.15, -0.1) is 0 Å². The molecule has 0 aromatic carbocycles. The first-order valence-corrected chi connectivity index (χ1v) is 5.71. The van der Waals surface area contributed by atoms with Gasteiger partial charge in [-0.25, -0.2) is 0 Å². The van der Waals surface area contributed by atoms with Crippen molar-refractivity contribution in [3.63, 3.8) is 0 Å². The molecule has 0 amide bonds. The average molecular weight is 225 g/mol. The summed E-state index contributed by atoms with van der Waals surface area (Å²) in [7, 11) is 0. The molecule has 0 saturated heterocycles. The van der Waals surface area contributed by atoms with Crippen LogP contribution in [0.15, 0.2) is 0 Å². The SMILES string of the molecule is NC(CSCC(O)CCS)C(=O)O. The Kier molecular flexibility index (Phi) is 7.54. The van der Waals surface area contributed by atoms with Gasteiger partial charge in [-0.1, -0.05) is 0 Å². The van der Waals surface area contributed by atoms with Gasteiger partial charge in [0.1, 0.15) is 6.04 Å². The normalized spacial score (nSPS) is 15.3. The van der Waals surface area contributed by atoms with Crippen molar-refractivity contribution < 1.29 is 15.0 Å². The Morgan fingerprint density at radius 3 is 2.62 bits per heavy atom. The number of carboxylic acid groups (broad SMARTS) is 1. The van der Waals surface area contributed by atoms with Crippen LogP contribution in [0, 0.1) is 0 Å². The van der Waals surface area contributed by atoms with Gasteiger partial charge < -0.3 is 15.9 Å². The highest BCUT2D eigenvalue weighted by molar-refractivity contribution is 7.99. The molecule has 0 heterocycles. The summed E-state index contributed by atoms with van der Waals surface area (Å²) in [5.74, 6) is 0.476. The van der Waals surface area contributed by atoms with Crippen LogP contribution in [0.4, 0.5) is 0 Å². The number of carboxylic acids is 1. The van der Waals surface area contributed by atoms with Crippen molar-refractivity contribution in [2.45, 2.75) is 18.6 Å². The maximum Gasteiger partial charge on any atom is 0.321 e. The van der Waals surface area contributed by atoms with Crippen LogP contribution >= 0.6 is 24.4 Å². The third-order valence-electron chi connectivity index (χ3n) is 1.39. The van der Waals surface area contributed by atoms with E-state index in [1.165, 1.54) is 11.8 Å². The quantitative estimate of drug-likeness (QED) is 0.452. The minimum Gasteiger partial charge on any atom is -0.480 e. The Hall–Kier alpha value is 0.0900. The van der Waals surface area contributed by atoms with Gasteiger partial charge in [0.2, 0.25) is 0 Å². The molecule has 2 atom stereocenters. The maximum atomic E-state index is 10.3. The van der Waals surface area contributed by atoms with E-state index in [2.05, 4.69) is 12.6 Å². The first-order valence-electron chi connectivity index (χ1n) is 3.93. The Labute approximate surface area is 87.3 Å². The lowest BCUT2D eigenvalue weighted by Gasteiger charge is -2.09.